The summed E-state index contributed by atoms with van der Waals surface area (Å²) in [5.41, 5.74) is 5.44. The van der Waals surface area contributed by atoms with Crippen LogP contribution in [0.4, 0.5) is 5.69 Å². The summed E-state index contributed by atoms with van der Waals surface area (Å²) in [6, 6.07) is 11.3. The highest BCUT2D eigenvalue weighted by Crippen LogP contribution is 2.31. The molecule has 0 aliphatic carbocycles. The summed E-state index contributed by atoms with van der Waals surface area (Å²) in [6.07, 6.45) is 0.422. The van der Waals surface area contributed by atoms with Crippen molar-refractivity contribution in [3.8, 4) is 11.5 Å². The average molecular weight is 352 g/mol. The summed E-state index contributed by atoms with van der Waals surface area (Å²) in [5.74, 6) is 0.121. The van der Waals surface area contributed by atoms with Crippen molar-refractivity contribution in [3.63, 3.8) is 0 Å². The van der Waals surface area contributed by atoms with E-state index in [1.165, 1.54) is 18.2 Å². The standard InChI is InChI=1S/C19H20N4O3/c1-11-9-18(26)22-23-19(11)13-3-5-14(6-4-13)21-20-12(2)16-10-15(24)7-8-17(16)25/h3-8,10-12,24-25H,9H2,1-2H3,(H,22,26). The van der Waals surface area contributed by atoms with Gasteiger partial charge in [0.25, 0.3) is 0 Å². The largest absolute Gasteiger partial charge is 0.508 e. The number of phenols is 2. The number of nitrogens with one attached hydrogen (secondary N) is 1. The van der Waals surface area contributed by atoms with E-state index in [1.54, 1.807) is 6.92 Å². The summed E-state index contributed by atoms with van der Waals surface area (Å²) in [6.45, 7) is 3.75. The first-order valence-corrected chi connectivity index (χ1v) is 8.33. The molecule has 3 rings (SSSR count). The fraction of sp³-hybridized carbons (Fsp3) is 0.263. The Kier molecular flexibility index (Phi) is 4.97. The molecule has 2 aromatic rings. The minimum atomic E-state index is -0.403. The van der Waals surface area contributed by atoms with Crippen LogP contribution in [-0.4, -0.2) is 21.8 Å². The molecule has 0 bridgehead atoms. The van der Waals surface area contributed by atoms with Gasteiger partial charge in [-0.3, -0.25) is 4.79 Å². The van der Waals surface area contributed by atoms with Crippen LogP contribution < -0.4 is 5.43 Å². The Bertz CT molecular complexity index is 875. The maximum Gasteiger partial charge on any atom is 0.240 e. The van der Waals surface area contributed by atoms with Gasteiger partial charge in [0.2, 0.25) is 5.91 Å². The number of hydrazone groups is 1. The van der Waals surface area contributed by atoms with E-state index in [-0.39, 0.29) is 23.3 Å². The summed E-state index contributed by atoms with van der Waals surface area (Å²) in [4.78, 5) is 11.3. The first-order valence-electron chi connectivity index (χ1n) is 8.33. The van der Waals surface area contributed by atoms with Crippen molar-refractivity contribution in [3.05, 3.63) is 53.6 Å². The van der Waals surface area contributed by atoms with Crippen LogP contribution in [0.15, 0.2) is 57.8 Å². The summed E-state index contributed by atoms with van der Waals surface area (Å²) >= 11 is 0. The van der Waals surface area contributed by atoms with Crippen molar-refractivity contribution in [2.75, 3.05) is 0 Å². The van der Waals surface area contributed by atoms with Gasteiger partial charge in [0.1, 0.15) is 11.5 Å². The molecule has 0 radical (unpaired) electrons. The molecular weight excluding hydrogens is 332 g/mol. The van der Waals surface area contributed by atoms with E-state index in [9.17, 15) is 15.0 Å². The molecule has 26 heavy (non-hydrogen) atoms. The molecule has 7 heteroatoms. The molecule has 7 nitrogen and oxygen atoms in total. The van der Waals surface area contributed by atoms with Crippen LogP contribution in [-0.2, 0) is 4.79 Å². The predicted octanol–water partition coefficient (Wildman–Crippen LogP) is 3.80. The van der Waals surface area contributed by atoms with Gasteiger partial charge in [0.15, 0.2) is 0 Å². The first kappa shape index (κ1) is 17.6. The van der Waals surface area contributed by atoms with Crippen molar-refractivity contribution in [2.45, 2.75) is 26.3 Å². The molecule has 2 aromatic carbocycles. The van der Waals surface area contributed by atoms with Crippen molar-refractivity contribution in [2.24, 2.45) is 21.2 Å². The number of azo groups is 1. The van der Waals surface area contributed by atoms with Crippen molar-refractivity contribution in [1.82, 2.24) is 5.43 Å². The van der Waals surface area contributed by atoms with Gasteiger partial charge in [-0.2, -0.15) is 15.3 Å². The molecule has 0 saturated heterocycles. The van der Waals surface area contributed by atoms with E-state index in [1.807, 2.05) is 31.2 Å². The number of benzene rings is 2. The number of carbonyl (C=O) groups is 1. The van der Waals surface area contributed by atoms with Gasteiger partial charge >= 0.3 is 0 Å². The number of hydrogen-bond acceptors (Lipinski definition) is 6. The molecule has 1 aliphatic heterocycles. The highest BCUT2D eigenvalue weighted by molar-refractivity contribution is 6.05. The second-order valence-electron chi connectivity index (χ2n) is 6.32. The van der Waals surface area contributed by atoms with Gasteiger partial charge in [-0.25, -0.2) is 5.43 Å². The van der Waals surface area contributed by atoms with Crippen LogP contribution in [0.1, 0.15) is 37.4 Å². The fourth-order valence-electron chi connectivity index (χ4n) is 2.79. The van der Waals surface area contributed by atoms with Gasteiger partial charge in [0.05, 0.1) is 17.4 Å². The lowest BCUT2D eigenvalue weighted by Crippen LogP contribution is -2.31. The quantitative estimate of drug-likeness (QED) is 0.575. The fourth-order valence-corrected chi connectivity index (χ4v) is 2.79. The molecule has 0 fully saturated rings. The number of amides is 1. The lowest BCUT2D eigenvalue weighted by molar-refractivity contribution is -0.121. The van der Waals surface area contributed by atoms with Crippen LogP contribution in [0.25, 0.3) is 0 Å². The van der Waals surface area contributed by atoms with E-state index >= 15 is 0 Å². The maximum absolute atomic E-state index is 11.3. The topological polar surface area (TPSA) is 107 Å². The van der Waals surface area contributed by atoms with Crippen LogP contribution in [0.3, 0.4) is 0 Å². The van der Waals surface area contributed by atoms with E-state index < -0.39 is 6.04 Å². The lowest BCUT2D eigenvalue weighted by Gasteiger charge is -2.19. The summed E-state index contributed by atoms with van der Waals surface area (Å²) < 4.78 is 0. The minimum Gasteiger partial charge on any atom is -0.508 e. The van der Waals surface area contributed by atoms with Crippen LogP contribution >= 0.6 is 0 Å². The second kappa shape index (κ2) is 7.35. The molecule has 2 atom stereocenters. The van der Waals surface area contributed by atoms with Crippen molar-refractivity contribution in [1.29, 1.82) is 0 Å². The van der Waals surface area contributed by atoms with Gasteiger partial charge in [-0.15, -0.1) is 0 Å². The minimum absolute atomic E-state index is 0.0602. The lowest BCUT2D eigenvalue weighted by atomic mass is 9.94. The van der Waals surface area contributed by atoms with Crippen LogP contribution in [0, 0.1) is 5.92 Å². The van der Waals surface area contributed by atoms with E-state index in [0.717, 1.165) is 11.3 Å². The Balaban J connectivity index is 1.74. The third-order valence-corrected chi connectivity index (χ3v) is 4.23. The zero-order chi connectivity index (χ0) is 18.7. The summed E-state index contributed by atoms with van der Waals surface area (Å²) in [5, 5.41) is 31.9. The molecule has 2 unspecified atom stereocenters. The van der Waals surface area contributed by atoms with Gasteiger partial charge < -0.3 is 10.2 Å². The summed E-state index contributed by atoms with van der Waals surface area (Å²) in [7, 11) is 0. The highest BCUT2D eigenvalue weighted by atomic mass is 16.3. The Morgan fingerprint density at radius 3 is 2.62 bits per heavy atom. The van der Waals surface area contributed by atoms with Crippen molar-refractivity contribution >= 4 is 17.3 Å². The molecule has 0 saturated carbocycles. The normalized spacial score (nSPS) is 18.5. The van der Waals surface area contributed by atoms with E-state index in [2.05, 4.69) is 20.8 Å². The molecule has 134 valence electrons. The Morgan fingerprint density at radius 2 is 1.92 bits per heavy atom. The molecule has 1 aliphatic rings. The molecule has 0 aromatic heterocycles. The molecule has 1 amide bonds. The zero-order valence-corrected chi connectivity index (χ0v) is 14.5. The molecule has 0 spiro atoms. The predicted molar refractivity (Wildman–Crippen MR) is 97.6 cm³/mol. The smallest absolute Gasteiger partial charge is 0.240 e. The average Bonchev–Trinajstić information content (AvgIpc) is 2.62. The van der Waals surface area contributed by atoms with E-state index in [4.69, 9.17) is 0 Å². The second-order valence-corrected chi connectivity index (χ2v) is 6.32. The number of hydrogen-bond donors (Lipinski definition) is 3. The van der Waals surface area contributed by atoms with Gasteiger partial charge in [0, 0.05) is 17.9 Å². The van der Waals surface area contributed by atoms with Crippen molar-refractivity contribution < 1.29 is 15.0 Å². The number of nitrogens with zero attached hydrogens (tertiary/aromatic N) is 3. The monoisotopic (exact) mass is 352 g/mol. The van der Waals surface area contributed by atoms with Gasteiger partial charge in [-0.1, -0.05) is 19.1 Å². The Labute approximate surface area is 151 Å². The third kappa shape index (κ3) is 3.88. The number of phenolic OH excluding ortho intramolecular Hbond substituents is 2. The van der Waals surface area contributed by atoms with Crippen LogP contribution in [0.2, 0.25) is 0 Å². The number of carbonyl (C=O) groups excluding carboxylic acids is 1. The zero-order valence-electron chi connectivity index (χ0n) is 14.5. The maximum atomic E-state index is 11.3. The molecule has 1 heterocycles. The van der Waals surface area contributed by atoms with Gasteiger partial charge in [-0.05, 0) is 42.8 Å². The van der Waals surface area contributed by atoms with E-state index in [0.29, 0.717) is 17.7 Å². The number of rotatable bonds is 4. The number of aromatic hydroxyl groups is 2. The third-order valence-electron chi connectivity index (χ3n) is 4.23. The highest BCUT2D eigenvalue weighted by Gasteiger charge is 2.21. The van der Waals surface area contributed by atoms with Crippen LogP contribution in [0.5, 0.6) is 11.5 Å². The first-order chi connectivity index (χ1) is 12.4. The molecule has 3 N–H and O–H groups in total. The molecular formula is C19H20N4O3. The Hall–Kier alpha value is -3.22. The Morgan fingerprint density at radius 1 is 1.19 bits per heavy atom. The SMILES string of the molecule is CC1CC(=O)NN=C1c1ccc(N=NC(C)c2cc(O)ccc2O)cc1.